The van der Waals surface area contributed by atoms with Crippen molar-refractivity contribution in [1.29, 1.82) is 5.26 Å². The molecule has 2 aromatic rings. The van der Waals surface area contributed by atoms with Crippen molar-refractivity contribution in [2.45, 2.75) is 66.0 Å². The van der Waals surface area contributed by atoms with Crippen LogP contribution >= 0.6 is 0 Å². The van der Waals surface area contributed by atoms with Gasteiger partial charge < -0.3 is 19.1 Å². The Kier molecular flexibility index (Phi) is 7.56. The van der Waals surface area contributed by atoms with Crippen LogP contribution in [0.1, 0.15) is 61.1 Å². The quantitative estimate of drug-likeness (QED) is 0.466. The van der Waals surface area contributed by atoms with Crippen molar-refractivity contribution in [3.8, 4) is 6.07 Å². The summed E-state index contributed by atoms with van der Waals surface area (Å²) in [5, 5.41) is 9.81. The molecule has 0 aromatic carbocycles. The lowest BCUT2D eigenvalue weighted by Gasteiger charge is -2.35. The zero-order valence-corrected chi connectivity index (χ0v) is 21.5. The van der Waals surface area contributed by atoms with Crippen LogP contribution in [-0.2, 0) is 16.1 Å². The topological polar surface area (TPSA) is 87.3 Å². The Bertz CT molecular complexity index is 1150. The van der Waals surface area contributed by atoms with Crippen molar-refractivity contribution in [3.05, 3.63) is 46.2 Å². The average molecular weight is 477 g/mol. The molecule has 0 aliphatic carbocycles. The summed E-state index contributed by atoms with van der Waals surface area (Å²) >= 11 is 0. The summed E-state index contributed by atoms with van der Waals surface area (Å²) in [6.07, 6.45) is 4.16. The van der Waals surface area contributed by atoms with Crippen molar-refractivity contribution < 1.29 is 9.53 Å². The predicted molar refractivity (Wildman–Crippen MR) is 136 cm³/mol. The molecule has 35 heavy (non-hydrogen) atoms. The second kappa shape index (κ2) is 10.6. The second-order valence-electron chi connectivity index (χ2n) is 9.90. The van der Waals surface area contributed by atoms with E-state index in [-0.39, 0.29) is 23.5 Å². The molecule has 0 radical (unpaired) electrons. The van der Waals surface area contributed by atoms with E-state index in [0.717, 1.165) is 60.3 Å². The highest BCUT2D eigenvalue weighted by molar-refractivity contribution is 6.02. The highest BCUT2D eigenvalue weighted by atomic mass is 16.5. The minimum Gasteiger partial charge on any atom is -0.376 e. The third-order valence-corrected chi connectivity index (χ3v) is 6.94. The monoisotopic (exact) mass is 476 g/mol. The van der Waals surface area contributed by atoms with Crippen molar-refractivity contribution in [2.75, 3.05) is 37.7 Å². The molecule has 2 fully saturated rings. The van der Waals surface area contributed by atoms with Crippen molar-refractivity contribution in [1.82, 2.24) is 19.4 Å². The zero-order chi connectivity index (χ0) is 25.1. The number of carbonyl (C=O) groups is 1. The number of carbonyl (C=O) groups excluding carboxylic acids is 1. The van der Waals surface area contributed by atoms with E-state index < -0.39 is 0 Å². The lowest BCUT2D eigenvalue weighted by Crippen LogP contribution is -2.49. The first-order valence-corrected chi connectivity index (χ1v) is 12.6. The van der Waals surface area contributed by atoms with Gasteiger partial charge in [0.25, 0.3) is 5.91 Å². The number of anilines is 1. The van der Waals surface area contributed by atoms with Crippen LogP contribution in [0.3, 0.4) is 0 Å². The van der Waals surface area contributed by atoms with Crippen LogP contribution < -0.4 is 4.90 Å². The van der Waals surface area contributed by atoms with Crippen LogP contribution in [0.25, 0.3) is 6.08 Å². The van der Waals surface area contributed by atoms with Crippen molar-refractivity contribution in [2.24, 2.45) is 0 Å². The van der Waals surface area contributed by atoms with Gasteiger partial charge >= 0.3 is 0 Å². The molecule has 0 bridgehead atoms. The molecule has 2 aliphatic rings. The maximum atomic E-state index is 13.2. The van der Waals surface area contributed by atoms with Gasteiger partial charge in [0, 0.05) is 68.4 Å². The lowest BCUT2D eigenvalue weighted by molar-refractivity contribution is -0.126. The fraction of sp³-hybridized carbons (Fsp3) is 0.556. The maximum Gasteiger partial charge on any atom is 0.264 e. The Hall–Kier alpha value is -3.18. The summed E-state index contributed by atoms with van der Waals surface area (Å²) in [7, 11) is 0. The molecule has 8 heteroatoms. The minimum absolute atomic E-state index is 0.177. The van der Waals surface area contributed by atoms with E-state index in [9.17, 15) is 10.1 Å². The summed E-state index contributed by atoms with van der Waals surface area (Å²) in [5.74, 6) is 1.79. The first-order valence-electron chi connectivity index (χ1n) is 12.6. The van der Waals surface area contributed by atoms with E-state index in [1.165, 1.54) is 0 Å². The van der Waals surface area contributed by atoms with Crippen LogP contribution in [0.15, 0.2) is 17.7 Å². The van der Waals surface area contributed by atoms with Crippen molar-refractivity contribution >= 4 is 17.8 Å². The number of piperazine rings is 1. The summed E-state index contributed by atoms with van der Waals surface area (Å²) in [6, 6.07) is 6.20. The number of aryl methyl sites for hydroxylation is 2. The molecule has 2 saturated heterocycles. The number of hydrogen-bond donors (Lipinski definition) is 0. The normalized spacial score (nSPS) is 18.9. The molecule has 4 heterocycles. The Labute approximate surface area is 208 Å². The molecule has 0 spiro atoms. The molecular weight excluding hydrogens is 440 g/mol. The fourth-order valence-electron chi connectivity index (χ4n) is 4.85. The number of amides is 1. The van der Waals surface area contributed by atoms with Crippen LogP contribution in [-0.4, -0.2) is 64.2 Å². The van der Waals surface area contributed by atoms with Gasteiger partial charge in [-0.2, -0.15) is 5.26 Å². The van der Waals surface area contributed by atoms with E-state index in [0.29, 0.717) is 26.2 Å². The Morgan fingerprint density at radius 1 is 1.20 bits per heavy atom. The number of nitrogens with zero attached hydrogens (tertiary/aromatic N) is 6. The summed E-state index contributed by atoms with van der Waals surface area (Å²) in [6.45, 7) is 14.4. The molecule has 1 unspecified atom stereocenters. The van der Waals surface area contributed by atoms with Crippen LogP contribution in [0, 0.1) is 32.1 Å². The smallest absolute Gasteiger partial charge is 0.264 e. The van der Waals surface area contributed by atoms with Crippen molar-refractivity contribution in [3.63, 3.8) is 0 Å². The van der Waals surface area contributed by atoms with Gasteiger partial charge in [0.15, 0.2) is 0 Å². The molecule has 186 valence electrons. The SMILES string of the molecule is Cc1cc(N2CCN(C(=O)/C(C#N)=C/c3cc(C)n(CC4CCCO4)c3C)CC2)nc(C(C)C)n1. The van der Waals surface area contributed by atoms with Crippen LogP contribution in [0.4, 0.5) is 5.82 Å². The van der Waals surface area contributed by atoms with Gasteiger partial charge in [-0.15, -0.1) is 0 Å². The summed E-state index contributed by atoms with van der Waals surface area (Å²) < 4.78 is 8.03. The number of rotatable bonds is 6. The van der Waals surface area contributed by atoms with Gasteiger partial charge in [-0.3, -0.25) is 4.79 Å². The fourth-order valence-corrected chi connectivity index (χ4v) is 4.85. The van der Waals surface area contributed by atoms with Crippen LogP contribution in [0.2, 0.25) is 0 Å². The summed E-state index contributed by atoms with van der Waals surface area (Å²) in [5.41, 5.74) is 4.22. The molecule has 2 aromatic heterocycles. The molecule has 4 rings (SSSR count). The molecule has 8 nitrogen and oxygen atoms in total. The number of aromatic nitrogens is 3. The molecule has 0 saturated carbocycles. The standard InChI is InChI=1S/C27H36N6O2/c1-18(2)26-29-19(3)13-25(30-26)31-8-10-32(11-9-31)27(34)23(16-28)15-22-14-20(4)33(21(22)5)17-24-7-6-12-35-24/h13-15,18,24H,6-12,17H2,1-5H3/b23-15+. The molecule has 1 atom stereocenters. The van der Waals surface area contributed by atoms with E-state index in [1.807, 2.05) is 19.9 Å². The second-order valence-corrected chi connectivity index (χ2v) is 9.90. The Balaban J connectivity index is 1.45. The maximum absolute atomic E-state index is 13.2. The van der Waals surface area contributed by atoms with Gasteiger partial charge in [0.2, 0.25) is 0 Å². The molecule has 0 N–H and O–H groups in total. The van der Waals surface area contributed by atoms with Crippen LogP contribution in [0.5, 0.6) is 0 Å². The van der Waals surface area contributed by atoms with E-state index in [4.69, 9.17) is 9.72 Å². The third kappa shape index (κ3) is 5.57. The molecule has 1 amide bonds. The van der Waals surface area contributed by atoms with E-state index >= 15 is 0 Å². The summed E-state index contributed by atoms with van der Waals surface area (Å²) in [4.78, 5) is 26.4. The average Bonchev–Trinajstić information content (AvgIpc) is 3.45. The van der Waals surface area contributed by atoms with Gasteiger partial charge in [-0.1, -0.05) is 13.8 Å². The number of nitriles is 1. The van der Waals surface area contributed by atoms with Gasteiger partial charge in [-0.05, 0) is 51.3 Å². The van der Waals surface area contributed by atoms with E-state index in [2.05, 4.69) is 47.4 Å². The Morgan fingerprint density at radius 2 is 1.94 bits per heavy atom. The molecule has 2 aliphatic heterocycles. The number of ether oxygens (including phenoxy) is 1. The lowest BCUT2D eigenvalue weighted by atomic mass is 10.1. The van der Waals surface area contributed by atoms with Gasteiger partial charge in [0.1, 0.15) is 23.3 Å². The number of hydrogen-bond acceptors (Lipinski definition) is 6. The predicted octanol–water partition coefficient (Wildman–Crippen LogP) is 3.76. The highest BCUT2D eigenvalue weighted by Crippen LogP contribution is 2.23. The largest absolute Gasteiger partial charge is 0.376 e. The first-order chi connectivity index (χ1) is 16.8. The van der Waals surface area contributed by atoms with Gasteiger partial charge in [0.05, 0.1) is 6.10 Å². The molecular formula is C27H36N6O2. The Morgan fingerprint density at radius 3 is 2.57 bits per heavy atom. The van der Waals surface area contributed by atoms with E-state index in [1.54, 1.807) is 11.0 Å². The highest BCUT2D eigenvalue weighted by Gasteiger charge is 2.26. The zero-order valence-electron chi connectivity index (χ0n) is 21.5. The van der Waals surface area contributed by atoms with Gasteiger partial charge in [-0.25, -0.2) is 9.97 Å². The minimum atomic E-state index is -0.210. The first kappa shape index (κ1) is 24.9. The third-order valence-electron chi connectivity index (χ3n) is 6.94.